The van der Waals surface area contributed by atoms with Gasteiger partial charge < -0.3 is 5.73 Å². The molecule has 0 heterocycles. The third-order valence-electron chi connectivity index (χ3n) is 4.50. The maximum absolute atomic E-state index is 11.8. The lowest BCUT2D eigenvalue weighted by Gasteiger charge is -2.34. The van der Waals surface area contributed by atoms with Gasteiger partial charge in [-0.2, -0.15) is 5.10 Å². The lowest BCUT2D eigenvalue weighted by atomic mass is 9.70. The molecule has 1 saturated carbocycles. The molecule has 1 aliphatic carbocycles. The largest absolute Gasteiger partial charge is 0.350 e. The summed E-state index contributed by atoms with van der Waals surface area (Å²) < 4.78 is 0. The molecule has 3 N–H and O–H groups in total. The molecule has 22 heavy (non-hydrogen) atoms. The van der Waals surface area contributed by atoms with Gasteiger partial charge in [-0.1, -0.05) is 37.3 Å². The number of Topliss-reactive ketones (excluding diaryl/α,β-unsaturated/α-hetero) is 1. The first-order chi connectivity index (χ1) is 10.5. The van der Waals surface area contributed by atoms with Crippen LogP contribution in [-0.2, 0) is 11.2 Å². The number of nitrogens with two attached hydrogens (primary N) is 1. The topological polar surface area (TPSA) is 84.6 Å². The molecule has 0 bridgehead atoms. The minimum atomic E-state index is -0.677. The van der Waals surface area contributed by atoms with Crippen molar-refractivity contribution >= 4 is 17.5 Å². The van der Waals surface area contributed by atoms with Gasteiger partial charge in [-0.25, -0.2) is 10.2 Å². The minimum Gasteiger partial charge on any atom is -0.350 e. The number of ketones is 1. The van der Waals surface area contributed by atoms with Crippen LogP contribution in [0.4, 0.5) is 4.79 Å². The first-order valence-electron chi connectivity index (χ1n) is 7.63. The number of rotatable bonds is 4. The van der Waals surface area contributed by atoms with Crippen molar-refractivity contribution in [2.45, 2.75) is 33.1 Å². The standard InChI is InChI=1S/C17H23N3O2/c1-11-14(8-13-6-4-3-5-7-13)9-15(12(2)21)10-16(11)19-20-17(18)22/h3-7,11,14-15H,8-10H2,1-2H3,(H3,18,20,22). The Hall–Kier alpha value is -2.17. The van der Waals surface area contributed by atoms with Crippen molar-refractivity contribution in [2.24, 2.45) is 28.6 Å². The highest BCUT2D eigenvalue weighted by atomic mass is 16.2. The van der Waals surface area contributed by atoms with Gasteiger partial charge in [-0.15, -0.1) is 0 Å². The molecule has 2 amide bonds. The average Bonchev–Trinajstić information content (AvgIpc) is 2.48. The molecule has 1 aliphatic rings. The molecule has 0 saturated heterocycles. The average molecular weight is 301 g/mol. The van der Waals surface area contributed by atoms with Crippen molar-refractivity contribution < 1.29 is 9.59 Å². The Morgan fingerprint density at radius 2 is 2.00 bits per heavy atom. The van der Waals surface area contributed by atoms with Gasteiger partial charge in [0.1, 0.15) is 5.78 Å². The summed E-state index contributed by atoms with van der Waals surface area (Å²) in [5, 5.41) is 4.13. The van der Waals surface area contributed by atoms with E-state index < -0.39 is 6.03 Å². The summed E-state index contributed by atoms with van der Waals surface area (Å²) in [5.74, 6) is 0.691. The van der Waals surface area contributed by atoms with E-state index in [0.29, 0.717) is 12.3 Å². The minimum absolute atomic E-state index is 0.0293. The summed E-state index contributed by atoms with van der Waals surface area (Å²) in [6.07, 6.45) is 2.37. The fourth-order valence-electron chi connectivity index (χ4n) is 3.12. The van der Waals surface area contributed by atoms with Crippen molar-refractivity contribution in [1.29, 1.82) is 0 Å². The lowest BCUT2D eigenvalue weighted by molar-refractivity contribution is -0.121. The highest BCUT2D eigenvalue weighted by molar-refractivity contribution is 5.93. The van der Waals surface area contributed by atoms with Crippen LogP contribution in [-0.4, -0.2) is 17.5 Å². The molecule has 0 radical (unpaired) electrons. The zero-order valence-corrected chi connectivity index (χ0v) is 13.1. The summed E-state index contributed by atoms with van der Waals surface area (Å²) >= 11 is 0. The van der Waals surface area contributed by atoms with Gasteiger partial charge in [-0.3, -0.25) is 4.79 Å². The normalized spacial score (nSPS) is 26.6. The molecule has 1 fully saturated rings. The van der Waals surface area contributed by atoms with Gasteiger partial charge in [0.05, 0.1) is 0 Å². The van der Waals surface area contributed by atoms with E-state index >= 15 is 0 Å². The SMILES string of the molecule is CC(=O)C1CC(=NNC(N)=O)C(C)C(Cc2ccccc2)C1. The quantitative estimate of drug-likeness (QED) is 0.837. The second-order valence-electron chi connectivity index (χ2n) is 6.07. The maximum atomic E-state index is 11.8. The van der Waals surface area contributed by atoms with Crippen molar-refractivity contribution in [3.8, 4) is 0 Å². The summed E-state index contributed by atoms with van der Waals surface area (Å²) in [6, 6.07) is 9.56. The molecule has 2 rings (SSSR count). The Morgan fingerprint density at radius 1 is 1.32 bits per heavy atom. The number of nitrogens with zero attached hydrogens (tertiary/aromatic N) is 1. The number of hydrazone groups is 1. The van der Waals surface area contributed by atoms with Crippen LogP contribution in [0.3, 0.4) is 0 Å². The Labute approximate surface area is 131 Å². The number of amides is 2. The smallest absolute Gasteiger partial charge is 0.332 e. The van der Waals surface area contributed by atoms with E-state index in [1.54, 1.807) is 6.92 Å². The molecule has 0 aliphatic heterocycles. The van der Waals surface area contributed by atoms with Crippen LogP contribution in [0.1, 0.15) is 32.3 Å². The predicted molar refractivity (Wildman–Crippen MR) is 86.4 cm³/mol. The Bertz CT molecular complexity index is 569. The number of benzene rings is 1. The maximum Gasteiger partial charge on any atom is 0.332 e. The van der Waals surface area contributed by atoms with Crippen LogP contribution in [0.25, 0.3) is 0 Å². The zero-order chi connectivity index (χ0) is 16.1. The van der Waals surface area contributed by atoms with E-state index in [1.165, 1.54) is 5.56 Å². The van der Waals surface area contributed by atoms with Gasteiger partial charge in [0, 0.05) is 11.6 Å². The molecular formula is C17H23N3O2. The van der Waals surface area contributed by atoms with Gasteiger partial charge in [0.2, 0.25) is 0 Å². The number of hydrogen-bond donors (Lipinski definition) is 2. The van der Waals surface area contributed by atoms with Crippen molar-refractivity contribution in [2.75, 3.05) is 0 Å². The highest BCUT2D eigenvalue weighted by Gasteiger charge is 2.34. The third kappa shape index (κ3) is 4.16. The van der Waals surface area contributed by atoms with Gasteiger partial charge in [0.15, 0.2) is 0 Å². The van der Waals surface area contributed by atoms with E-state index in [1.807, 2.05) is 18.2 Å². The van der Waals surface area contributed by atoms with E-state index in [4.69, 9.17) is 5.73 Å². The fourth-order valence-corrected chi connectivity index (χ4v) is 3.12. The predicted octanol–water partition coefficient (Wildman–Crippen LogP) is 2.50. The summed E-state index contributed by atoms with van der Waals surface area (Å²) in [5.41, 5.74) is 9.50. The lowest BCUT2D eigenvalue weighted by Crippen LogP contribution is -2.37. The monoisotopic (exact) mass is 301 g/mol. The molecular weight excluding hydrogens is 278 g/mol. The molecule has 1 aromatic carbocycles. The molecule has 3 atom stereocenters. The number of carbonyl (C=O) groups excluding carboxylic acids is 2. The Morgan fingerprint density at radius 3 is 2.59 bits per heavy atom. The molecule has 3 unspecified atom stereocenters. The number of urea groups is 1. The molecule has 0 spiro atoms. The summed E-state index contributed by atoms with van der Waals surface area (Å²) in [7, 11) is 0. The van der Waals surface area contributed by atoms with Crippen LogP contribution in [0.2, 0.25) is 0 Å². The van der Waals surface area contributed by atoms with Gasteiger partial charge >= 0.3 is 6.03 Å². The number of carbonyl (C=O) groups is 2. The van der Waals surface area contributed by atoms with Crippen molar-refractivity contribution in [3.05, 3.63) is 35.9 Å². The second kappa shape index (κ2) is 7.20. The number of hydrogen-bond acceptors (Lipinski definition) is 3. The zero-order valence-electron chi connectivity index (χ0n) is 13.1. The molecule has 5 heteroatoms. The van der Waals surface area contributed by atoms with Gasteiger partial charge in [0.25, 0.3) is 0 Å². The van der Waals surface area contributed by atoms with Crippen molar-refractivity contribution in [3.63, 3.8) is 0 Å². The molecule has 5 nitrogen and oxygen atoms in total. The van der Waals surface area contributed by atoms with E-state index in [0.717, 1.165) is 18.6 Å². The molecule has 0 aromatic heterocycles. The highest BCUT2D eigenvalue weighted by Crippen LogP contribution is 2.34. The number of nitrogens with one attached hydrogen (secondary N) is 1. The number of primary amides is 1. The second-order valence-corrected chi connectivity index (χ2v) is 6.07. The third-order valence-corrected chi connectivity index (χ3v) is 4.50. The Balaban J connectivity index is 2.18. The molecule has 1 aromatic rings. The van der Waals surface area contributed by atoms with Crippen molar-refractivity contribution in [1.82, 2.24) is 5.43 Å². The van der Waals surface area contributed by atoms with Gasteiger partial charge in [-0.05, 0) is 43.6 Å². The van der Waals surface area contributed by atoms with Crippen LogP contribution in [0.15, 0.2) is 35.4 Å². The van der Waals surface area contributed by atoms with Crippen LogP contribution >= 0.6 is 0 Å². The Kier molecular flexibility index (Phi) is 5.31. The van der Waals surface area contributed by atoms with Crippen LogP contribution in [0, 0.1) is 17.8 Å². The van der Waals surface area contributed by atoms with Crippen LogP contribution < -0.4 is 11.2 Å². The first kappa shape index (κ1) is 16.2. The van der Waals surface area contributed by atoms with E-state index in [2.05, 4.69) is 29.6 Å². The van der Waals surface area contributed by atoms with Crippen LogP contribution in [0.5, 0.6) is 0 Å². The summed E-state index contributed by atoms with van der Waals surface area (Å²) in [4.78, 5) is 22.7. The summed E-state index contributed by atoms with van der Waals surface area (Å²) in [6.45, 7) is 3.73. The van der Waals surface area contributed by atoms with E-state index in [-0.39, 0.29) is 17.6 Å². The first-order valence-corrected chi connectivity index (χ1v) is 7.63. The van der Waals surface area contributed by atoms with E-state index in [9.17, 15) is 9.59 Å². The molecule has 118 valence electrons. The fraction of sp³-hybridized carbons (Fsp3) is 0.471.